The number of ether oxygens (including phenoxy) is 2. The third-order valence-electron chi connectivity index (χ3n) is 10.5. The largest absolute Gasteiger partial charge is 0.497 e. The van der Waals surface area contributed by atoms with Crippen molar-refractivity contribution in [3.8, 4) is 34.0 Å². The minimum atomic E-state index is -0.694. The van der Waals surface area contributed by atoms with E-state index in [1.165, 1.54) is 0 Å². The molecule has 0 saturated heterocycles. The second kappa shape index (κ2) is 18.0. The average Bonchev–Trinajstić information content (AvgIpc) is 3.77. The summed E-state index contributed by atoms with van der Waals surface area (Å²) < 4.78 is 15.1. The van der Waals surface area contributed by atoms with Gasteiger partial charge in [-0.05, 0) is 74.0 Å². The van der Waals surface area contributed by atoms with Gasteiger partial charge >= 0.3 is 0 Å². The zero-order valence-corrected chi connectivity index (χ0v) is 35.7. The molecule has 0 fully saturated rings. The highest BCUT2D eigenvalue weighted by atomic mass is 35.5. The van der Waals surface area contributed by atoms with Gasteiger partial charge in [0.25, 0.3) is 0 Å². The fourth-order valence-electron chi connectivity index (χ4n) is 7.58. The molecule has 0 unspecified atom stereocenters. The molecule has 2 aliphatic heterocycles. The van der Waals surface area contributed by atoms with Crippen molar-refractivity contribution in [2.45, 2.75) is 38.8 Å². The first kappa shape index (κ1) is 41.8. The Morgan fingerprint density at radius 1 is 0.661 bits per heavy atom. The highest BCUT2D eigenvalue weighted by Crippen LogP contribution is 2.40. The molecule has 0 aliphatic carbocycles. The van der Waals surface area contributed by atoms with Crippen LogP contribution in [0.15, 0.2) is 88.8 Å². The fourth-order valence-corrected chi connectivity index (χ4v) is 7.84. The van der Waals surface area contributed by atoms with Crippen LogP contribution < -0.4 is 25.4 Å². The lowest BCUT2D eigenvalue weighted by Crippen LogP contribution is -2.40. The zero-order valence-electron chi connectivity index (χ0n) is 34.1. The number of fused-ring (bicyclic) bond motifs is 6. The molecule has 18 heteroatoms. The van der Waals surface area contributed by atoms with E-state index in [1.54, 1.807) is 44.7 Å². The highest BCUT2D eigenvalue weighted by molar-refractivity contribution is 6.31. The Kier molecular flexibility index (Phi) is 12.1. The predicted octanol–water partition coefficient (Wildman–Crippen LogP) is 5.65. The molecule has 0 radical (unpaired) electrons. The topological polar surface area (TPSA) is 192 Å². The maximum absolute atomic E-state index is 13.4. The van der Waals surface area contributed by atoms with E-state index in [0.717, 1.165) is 39.2 Å². The van der Waals surface area contributed by atoms with Gasteiger partial charge in [0.2, 0.25) is 17.7 Å². The minimum Gasteiger partial charge on any atom is -0.497 e. The number of methoxy groups -OCH3 is 2. The lowest BCUT2D eigenvalue weighted by Gasteiger charge is -2.17. The van der Waals surface area contributed by atoms with Crippen LogP contribution in [0.5, 0.6) is 11.5 Å². The summed E-state index contributed by atoms with van der Waals surface area (Å²) >= 11 is 12.4. The maximum atomic E-state index is 13.4. The van der Waals surface area contributed by atoms with Crippen molar-refractivity contribution in [3.63, 3.8) is 0 Å². The van der Waals surface area contributed by atoms with E-state index in [2.05, 4.69) is 36.3 Å². The van der Waals surface area contributed by atoms with Gasteiger partial charge in [0.1, 0.15) is 35.2 Å². The van der Waals surface area contributed by atoms with Crippen LogP contribution in [0.4, 0.5) is 0 Å². The summed E-state index contributed by atoms with van der Waals surface area (Å²) in [6.45, 7) is 3.65. The van der Waals surface area contributed by atoms with Crippen molar-refractivity contribution in [2.75, 3.05) is 33.9 Å². The number of carbonyl (C=O) groups excluding carboxylic acids is 3. The molecule has 3 amide bonds. The number of aromatic nitrogens is 6. The van der Waals surface area contributed by atoms with Crippen molar-refractivity contribution in [1.29, 1.82) is 0 Å². The van der Waals surface area contributed by atoms with Crippen molar-refractivity contribution >= 4 is 52.8 Å². The SMILES string of the molecule is COc1ccc2c(c1)C(c1ccc(Cl)cc1)=N[C@@H](CC(=O)NCCNC(=O)CNC(=O)C[C@@H]1N=Cc3c(ccc(OC)c3-c3ccc(Cl)cc3)-n3c(C)nnc31)c1nnc(C)n1-2. The first-order chi connectivity index (χ1) is 30.0. The molecule has 4 aromatic carbocycles. The van der Waals surface area contributed by atoms with Crippen molar-refractivity contribution in [3.05, 3.63) is 129 Å². The number of aryl methyl sites for hydroxylation is 2. The molecular weight excluding hydrogens is 833 g/mol. The van der Waals surface area contributed by atoms with Crippen molar-refractivity contribution in [1.82, 2.24) is 45.5 Å². The number of benzene rings is 4. The summed E-state index contributed by atoms with van der Waals surface area (Å²) in [7, 11) is 3.20. The zero-order chi connectivity index (χ0) is 43.5. The Morgan fingerprint density at radius 3 is 1.90 bits per heavy atom. The molecule has 2 atom stereocenters. The van der Waals surface area contributed by atoms with Crippen LogP contribution in [-0.2, 0) is 14.4 Å². The normalized spacial score (nSPS) is 14.8. The van der Waals surface area contributed by atoms with E-state index < -0.39 is 23.9 Å². The standard InChI is InChI=1S/C44H41Cl2N11O5/c1-24-53-55-44-34(51-42(27-7-11-29(46)12-8-27)31-19-30(61-3)13-14-35(31)56(24)44)21-38(58)47-17-18-48-40(60)23-50-39(59)20-33-43-54-52-25(2)57(43)36-15-16-37(62-4)41(32(36)22-49-33)26-5-9-28(45)10-6-26/h5-16,19,22,33-34H,17-18,20-21,23H2,1-4H3,(H,47,58)(H,48,60)(H,50,59)/t33-,34-/m0/s1. The molecule has 316 valence electrons. The average molecular weight is 875 g/mol. The van der Waals surface area contributed by atoms with E-state index >= 15 is 0 Å². The number of carbonyl (C=O) groups is 3. The quantitative estimate of drug-likeness (QED) is 0.123. The fraction of sp³-hybridized carbons (Fsp3) is 0.250. The summed E-state index contributed by atoms with van der Waals surface area (Å²) in [5, 5.41) is 26.9. The third-order valence-corrected chi connectivity index (χ3v) is 11.0. The van der Waals surface area contributed by atoms with Gasteiger partial charge in [-0.3, -0.25) is 33.5 Å². The van der Waals surface area contributed by atoms with Gasteiger partial charge in [0.05, 0.1) is 50.7 Å². The van der Waals surface area contributed by atoms with E-state index in [-0.39, 0.29) is 38.4 Å². The number of halogens is 2. The number of aliphatic imine (C=N–C) groups is 2. The highest BCUT2D eigenvalue weighted by Gasteiger charge is 2.31. The first-order valence-corrected chi connectivity index (χ1v) is 20.5. The number of nitrogens with zero attached hydrogens (tertiary/aromatic N) is 8. The Labute approximate surface area is 366 Å². The van der Waals surface area contributed by atoms with E-state index in [9.17, 15) is 14.4 Å². The molecule has 4 heterocycles. The Bertz CT molecular complexity index is 2750. The third kappa shape index (κ3) is 8.51. The molecule has 16 nitrogen and oxygen atoms in total. The summed E-state index contributed by atoms with van der Waals surface area (Å²) in [5.41, 5.74) is 6.24. The van der Waals surface area contributed by atoms with E-state index in [4.69, 9.17) is 42.7 Å². The molecule has 2 aromatic heterocycles. The second-order valence-corrected chi connectivity index (χ2v) is 15.4. The van der Waals surface area contributed by atoms with Gasteiger partial charge in [0.15, 0.2) is 11.6 Å². The summed E-state index contributed by atoms with van der Waals surface area (Å²) in [6.07, 6.45) is 1.59. The molecule has 0 saturated carbocycles. The molecule has 3 N–H and O–H groups in total. The van der Waals surface area contributed by atoms with Gasteiger partial charge in [-0.2, -0.15) is 0 Å². The number of hydrogen-bond acceptors (Lipinski definition) is 11. The molecular formula is C44H41Cl2N11O5. The number of rotatable bonds is 13. The lowest BCUT2D eigenvalue weighted by molar-refractivity contribution is -0.126. The summed E-state index contributed by atoms with van der Waals surface area (Å²) in [5.74, 6) is 2.38. The van der Waals surface area contributed by atoms with Crippen LogP contribution >= 0.6 is 23.2 Å². The van der Waals surface area contributed by atoms with Crippen LogP contribution in [0.3, 0.4) is 0 Å². The molecule has 0 spiro atoms. The number of amides is 3. The van der Waals surface area contributed by atoms with Crippen LogP contribution in [-0.4, -0.2) is 93.0 Å². The van der Waals surface area contributed by atoms with Crippen LogP contribution in [0.2, 0.25) is 10.0 Å². The van der Waals surface area contributed by atoms with Crippen molar-refractivity contribution in [2.24, 2.45) is 9.98 Å². The Morgan fingerprint density at radius 2 is 1.24 bits per heavy atom. The Balaban J connectivity index is 0.882. The molecule has 6 aromatic rings. The minimum absolute atomic E-state index is 0.0393. The molecule has 0 bridgehead atoms. The first-order valence-electron chi connectivity index (χ1n) is 19.7. The lowest BCUT2D eigenvalue weighted by atomic mass is 9.97. The number of nitrogens with one attached hydrogen (secondary N) is 3. The monoisotopic (exact) mass is 873 g/mol. The smallest absolute Gasteiger partial charge is 0.239 e. The van der Waals surface area contributed by atoms with Gasteiger partial charge in [-0.1, -0.05) is 47.5 Å². The maximum Gasteiger partial charge on any atom is 0.239 e. The van der Waals surface area contributed by atoms with Crippen LogP contribution in [0, 0.1) is 13.8 Å². The van der Waals surface area contributed by atoms with E-state index in [1.807, 2.05) is 77.6 Å². The second-order valence-electron chi connectivity index (χ2n) is 14.5. The molecule has 62 heavy (non-hydrogen) atoms. The van der Waals surface area contributed by atoms with Crippen LogP contribution in [0.25, 0.3) is 22.5 Å². The van der Waals surface area contributed by atoms with Crippen LogP contribution in [0.1, 0.15) is 64.9 Å². The molecule has 8 rings (SSSR count). The Hall–Kier alpha value is -6.91. The summed E-state index contributed by atoms with van der Waals surface area (Å²) in [4.78, 5) is 49.3. The molecule has 2 aliphatic rings. The van der Waals surface area contributed by atoms with E-state index in [0.29, 0.717) is 50.6 Å². The predicted molar refractivity (Wildman–Crippen MR) is 234 cm³/mol. The van der Waals surface area contributed by atoms with Gasteiger partial charge in [-0.25, -0.2) is 0 Å². The number of hydrogen-bond donors (Lipinski definition) is 3. The van der Waals surface area contributed by atoms with Crippen molar-refractivity contribution < 1.29 is 23.9 Å². The van der Waals surface area contributed by atoms with Gasteiger partial charge < -0.3 is 25.4 Å². The summed E-state index contributed by atoms with van der Waals surface area (Å²) in [6, 6.07) is 22.8. The van der Waals surface area contributed by atoms with Gasteiger partial charge in [0, 0.05) is 51.6 Å². The van der Waals surface area contributed by atoms with Gasteiger partial charge in [-0.15, -0.1) is 20.4 Å².